The zero-order valence-corrected chi connectivity index (χ0v) is 13.0. The van der Waals surface area contributed by atoms with Gasteiger partial charge in [0.05, 0.1) is 10.6 Å². The van der Waals surface area contributed by atoms with Gasteiger partial charge in [-0.05, 0) is 59.4 Å². The molecule has 1 aliphatic heterocycles. The smallest absolute Gasteiger partial charge is 0.133 e. The molecule has 1 fully saturated rings. The highest BCUT2D eigenvalue weighted by molar-refractivity contribution is 9.10. The average molecular weight is 328 g/mol. The summed E-state index contributed by atoms with van der Waals surface area (Å²) in [5, 5.41) is 3.39. The zero-order chi connectivity index (χ0) is 13.5. The van der Waals surface area contributed by atoms with Crippen molar-refractivity contribution in [3.8, 4) is 5.75 Å². The average Bonchev–Trinajstić information content (AvgIpc) is 2.91. The fraction of sp³-hybridized carbons (Fsp3) is 0.600. The van der Waals surface area contributed by atoms with Crippen LogP contribution in [0, 0.1) is 0 Å². The van der Waals surface area contributed by atoms with Crippen molar-refractivity contribution in [2.24, 2.45) is 0 Å². The van der Waals surface area contributed by atoms with Crippen molar-refractivity contribution in [1.82, 2.24) is 5.32 Å². The Hall–Kier alpha value is -0.580. The van der Waals surface area contributed by atoms with Crippen molar-refractivity contribution in [3.05, 3.63) is 28.2 Å². The van der Waals surface area contributed by atoms with Crippen molar-refractivity contribution in [2.45, 2.75) is 38.8 Å². The number of ether oxygens (including phenoxy) is 2. The maximum Gasteiger partial charge on any atom is 0.133 e. The maximum absolute atomic E-state index is 5.81. The molecular formula is C15H22BrNO2. The first-order valence-electron chi connectivity index (χ1n) is 7.03. The monoisotopic (exact) mass is 327 g/mol. The lowest BCUT2D eigenvalue weighted by Gasteiger charge is -2.13. The first-order chi connectivity index (χ1) is 9.29. The normalized spacial score (nSPS) is 18.7. The predicted molar refractivity (Wildman–Crippen MR) is 80.6 cm³/mol. The molecule has 2 rings (SSSR count). The van der Waals surface area contributed by atoms with Gasteiger partial charge in [-0.2, -0.15) is 0 Å². The number of hydrogen-bond acceptors (Lipinski definition) is 3. The molecule has 1 aromatic rings. The van der Waals surface area contributed by atoms with Crippen LogP contribution in [0.5, 0.6) is 5.75 Å². The molecule has 1 saturated heterocycles. The third-order valence-electron chi connectivity index (χ3n) is 3.20. The summed E-state index contributed by atoms with van der Waals surface area (Å²) in [6.45, 7) is 5.64. The highest BCUT2D eigenvalue weighted by atomic mass is 79.9. The van der Waals surface area contributed by atoms with E-state index in [1.807, 2.05) is 6.07 Å². The molecule has 0 bridgehead atoms. The Balaban J connectivity index is 1.83. The number of rotatable bonds is 7. The minimum Gasteiger partial charge on any atom is -0.490 e. The molecule has 1 atom stereocenters. The first-order valence-corrected chi connectivity index (χ1v) is 7.82. The topological polar surface area (TPSA) is 30.5 Å². The molecule has 1 unspecified atom stereocenters. The molecule has 1 heterocycles. The van der Waals surface area contributed by atoms with E-state index in [1.165, 1.54) is 5.56 Å². The Labute approximate surface area is 123 Å². The van der Waals surface area contributed by atoms with Gasteiger partial charge in [-0.15, -0.1) is 0 Å². The third kappa shape index (κ3) is 4.79. The highest BCUT2D eigenvalue weighted by Crippen LogP contribution is 2.27. The molecule has 4 heteroatoms. The number of benzene rings is 1. The van der Waals surface area contributed by atoms with E-state index < -0.39 is 0 Å². The molecule has 1 N–H and O–H groups in total. The lowest BCUT2D eigenvalue weighted by atomic mass is 10.2. The summed E-state index contributed by atoms with van der Waals surface area (Å²) in [5.41, 5.74) is 1.27. The van der Waals surface area contributed by atoms with Crippen LogP contribution in [0.1, 0.15) is 31.7 Å². The minimum absolute atomic E-state index is 0.262. The van der Waals surface area contributed by atoms with Gasteiger partial charge in [0, 0.05) is 13.2 Å². The van der Waals surface area contributed by atoms with Gasteiger partial charge in [0.25, 0.3) is 0 Å². The Morgan fingerprint density at radius 3 is 3.05 bits per heavy atom. The molecule has 3 nitrogen and oxygen atoms in total. The van der Waals surface area contributed by atoms with E-state index in [-0.39, 0.29) is 6.10 Å². The van der Waals surface area contributed by atoms with Crippen molar-refractivity contribution < 1.29 is 9.47 Å². The van der Waals surface area contributed by atoms with Crippen LogP contribution >= 0.6 is 15.9 Å². The summed E-state index contributed by atoms with van der Waals surface area (Å²) in [5.74, 6) is 0.898. The standard InChI is InChI=1S/C15H22BrNO2/c1-2-7-17-10-12-5-6-15(14(16)9-12)19-11-13-4-3-8-18-13/h5-6,9,13,17H,2-4,7-8,10-11H2,1H3. The van der Waals surface area contributed by atoms with Crippen molar-refractivity contribution in [1.29, 1.82) is 0 Å². The first kappa shape index (κ1) is 14.8. The summed E-state index contributed by atoms with van der Waals surface area (Å²) < 4.78 is 12.4. The summed E-state index contributed by atoms with van der Waals surface area (Å²) >= 11 is 3.57. The number of halogens is 1. The van der Waals surface area contributed by atoms with Crippen LogP contribution in [0.4, 0.5) is 0 Å². The van der Waals surface area contributed by atoms with E-state index in [0.717, 1.165) is 49.2 Å². The van der Waals surface area contributed by atoms with Gasteiger partial charge >= 0.3 is 0 Å². The zero-order valence-electron chi connectivity index (χ0n) is 11.5. The molecule has 1 aliphatic rings. The molecule has 0 aromatic heterocycles. The number of nitrogens with one attached hydrogen (secondary N) is 1. The van der Waals surface area contributed by atoms with Crippen LogP contribution in [0.25, 0.3) is 0 Å². The maximum atomic E-state index is 5.81. The van der Waals surface area contributed by atoms with E-state index in [9.17, 15) is 0 Å². The van der Waals surface area contributed by atoms with Crippen LogP contribution in [-0.4, -0.2) is 25.9 Å². The molecular weight excluding hydrogens is 306 g/mol. The molecule has 0 aliphatic carbocycles. The highest BCUT2D eigenvalue weighted by Gasteiger charge is 2.16. The van der Waals surface area contributed by atoms with Gasteiger partial charge in [0.2, 0.25) is 0 Å². The van der Waals surface area contributed by atoms with Crippen LogP contribution in [0.3, 0.4) is 0 Å². The fourth-order valence-corrected chi connectivity index (χ4v) is 2.68. The van der Waals surface area contributed by atoms with Gasteiger partial charge in [-0.3, -0.25) is 0 Å². The Bertz CT molecular complexity index is 392. The van der Waals surface area contributed by atoms with Crippen LogP contribution in [-0.2, 0) is 11.3 Å². The molecule has 0 radical (unpaired) electrons. The lowest BCUT2D eigenvalue weighted by Crippen LogP contribution is -2.16. The molecule has 19 heavy (non-hydrogen) atoms. The van der Waals surface area contributed by atoms with Gasteiger partial charge in [0.15, 0.2) is 0 Å². The van der Waals surface area contributed by atoms with Gasteiger partial charge in [-0.1, -0.05) is 13.0 Å². The van der Waals surface area contributed by atoms with Crippen LogP contribution in [0.2, 0.25) is 0 Å². The van der Waals surface area contributed by atoms with Crippen LogP contribution < -0.4 is 10.1 Å². The summed E-state index contributed by atoms with van der Waals surface area (Å²) in [7, 11) is 0. The van der Waals surface area contributed by atoms with Crippen LogP contribution in [0.15, 0.2) is 22.7 Å². The van der Waals surface area contributed by atoms with Crippen molar-refractivity contribution in [2.75, 3.05) is 19.8 Å². The molecule has 0 amide bonds. The molecule has 0 spiro atoms. The summed E-state index contributed by atoms with van der Waals surface area (Å²) in [4.78, 5) is 0. The Morgan fingerprint density at radius 2 is 2.37 bits per heavy atom. The predicted octanol–water partition coefficient (Wildman–Crippen LogP) is 3.51. The van der Waals surface area contributed by atoms with E-state index in [2.05, 4.69) is 40.3 Å². The second-order valence-corrected chi connectivity index (χ2v) is 5.74. The fourth-order valence-electron chi connectivity index (χ4n) is 2.14. The van der Waals surface area contributed by atoms with Gasteiger partial charge < -0.3 is 14.8 Å². The number of hydrogen-bond donors (Lipinski definition) is 1. The van der Waals surface area contributed by atoms with Gasteiger partial charge in [0.1, 0.15) is 12.4 Å². The largest absolute Gasteiger partial charge is 0.490 e. The lowest BCUT2D eigenvalue weighted by molar-refractivity contribution is 0.0677. The molecule has 0 saturated carbocycles. The third-order valence-corrected chi connectivity index (χ3v) is 3.82. The van der Waals surface area contributed by atoms with E-state index in [0.29, 0.717) is 6.61 Å². The SMILES string of the molecule is CCCNCc1ccc(OCC2CCCO2)c(Br)c1. The minimum atomic E-state index is 0.262. The van der Waals surface area contributed by atoms with E-state index in [4.69, 9.17) is 9.47 Å². The van der Waals surface area contributed by atoms with E-state index >= 15 is 0 Å². The van der Waals surface area contributed by atoms with Crippen molar-refractivity contribution in [3.63, 3.8) is 0 Å². The second-order valence-electron chi connectivity index (χ2n) is 4.89. The van der Waals surface area contributed by atoms with E-state index in [1.54, 1.807) is 0 Å². The van der Waals surface area contributed by atoms with Gasteiger partial charge in [-0.25, -0.2) is 0 Å². The summed E-state index contributed by atoms with van der Waals surface area (Å²) in [6, 6.07) is 6.26. The summed E-state index contributed by atoms with van der Waals surface area (Å²) in [6.07, 6.45) is 3.68. The Morgan fingerprint density at radius 1 is 1.47 bits per heavy atom. The van der Waals surface area contributed by atoms with Crippen molar-refractivity contribution >= 4 is 15.9 Å². The second kappa shape index (κ2) is 7.88. The quantitative estimate of drug-likeness (QED) is 0.777. The molecule has 1 aromatic carbocycles. The Kier molecular flexibility index (Phi) is 6.14. The molecule has 106 valence electrons.